The summed E-state index contributed by atoms with van der Waals surface area (Å²) in [5, 5.41) is 12.1. The van der Waals surface area contributed by atoms with Gasteiger partial charge in [0.05, 0.1) is 21.5 Å². The van der Waals surface area contributed by atoms with Crippen molar-refractivity contribution >= 4 is 16.6 Å². The number of nitrogens with one attached hydrogen (secondary N) is 1. The van der Waals surface area contributed by atoms with E-state index in [9.17, 15) is 10.1 Å². The molecule has 5 rings (SSSR count). The fourth-order valence-corrected chi connectivity index (χ4v) is 3.97. The Labute approximate surface area is 167 Å². The molecule has 2 aromatic carbocycles. The minimum Gasteiger partial charge on any atom is -0.361 e. The van der Waals surface area contributed by atoms with Gasteiger partial charge in [-0.1, -0.05) is 36.4 Å². The third kappa shape index (κ3) is 3.25. The second-order valence-electron chi connectivity index (χ2n) is 7.26. The van der Waals surface area contributed by atoms with E-state index in [1.807, 2.05) is 48.8 Å². The first-order valence-corrected chi connectivity index (χ1v) is 9.55. The number of aromatic amines is 1. The summed E-state index contributed by atoms with van der Waals surface area (Å²) in [5.74, 6) is 0.730. The Bertz CT molecular complexity index is 1200. The number of nitro benzene ring substituents is 1. The maximum Gasteiger partial charge on any atom is 0.279 e. The van der Waals surface area contributed by atoms with Crippen LogP contribution in [0, 0.1) is 10.1 Å². The Morgan fingerprint density at radius 1 is 1.14 bits per heavy atom. The van der Waals surface area contributed by atoms with Crippen LogP contribution in [0.15, 0.2) is 60.9 Å². The van der Waals surface area contributed by atoms with Crippen LogP contribution in [0.3, 0.4) is 0 Å². The molecule has 0 saturated heterocycles. The fourth-order valence-electron chi connectivity index (χ4n) is 3.97. The van der Waals surface area contributed by atoms with Gasteiger partial charge < -0.3 is 4.98 Å². The molecule has 0 spiro atoms. The molecular weight excluding hydrogens is 366 g/mol. The number of benzene rings is 2. The van der Waals surface area contributed by atoms with Gasteiger partial charge in [-0.05, 0) is 23.6 Å². The van der Waals surface area contributed by atoms with Gasteiger partial charge >= 0.3 is 0 Å². The summed E-state index contributed by atoms with van der Waals surface area (Å²) in [6.07, 6.45) is 4.68. The van der Waals surface area contributed by atoms with Crippen LogP contribution in [0.5, 0.6) is 0 Å². The van der Waals surface area contributed by atoms with Crippen LogP contribution in [0.1, 0.15) is 16.8 Å². The highest BCUT2D eigenvalue weighted by Crippen LogP contribution is 2.30. The summed E-state index contributed by atoms with van der Waals surface area (Å²) in [6.45, 7) is 2.20. The number of hydrogen-bond donors (Lipinski definition) is 1. The smallest absolute Gasteiger partial charge is 0.279 e. The van der Waals surface area contributed by atoms with Gasteiger partial charge in [0.2, 0.25) is 0 Å². The van der Waals surface area contributed by atoms with Crippen LogP contribution in [0.2, 0.25) is 0 Å². The number of rotatable bonds is 4. The van der Waals surface area contributed by atoms with E-state index in [2.05, 4.69) is 14.9 Å². The van der Waals surface area contributed by atoms with Gasteiger partial charge in [0.25, 0.3) is 5.69 Å². The minimum atomic E-state index is -0.315. The van der Waals surface area contributed by atoms with Crippen LogP contribution >= 0.6 is 0 Å². The Kier molecular flexibility index (Phi) is 4.29. The maximum atomic E-state index is 11.5. The van der Waals surface area contributed by atoms with Gasteiger partial charge in [0, 0.05) is 43.7 Å². The van der Waals surface area contributed by atoms with Crippen molar-refractivity contribution in [3.63, 3.8) is 0 Å². The summed E-state index contributed by atoms with van der Waals surface area (Å²) < 4.78 is 0. The summed E-state index contributed by atoms with van der Waals surface area (Å²) in [7, 11) is 0. The lowest BCUT2D eigenvalue weighted by molar-refractivity contribution is -0.383. The molecule has 1 aliphatic heterocycles. The Morgan fingerprint density at radius 2 is 2.00 bits per heavy atom. The standard InChI is InChI=1S/C22H19N5O2/c28-27(29)20-8-4-7-18-21(20)17(12-23-18)13-26-10-9-16-11-24-22(25-19(16)14-26)15-5-2-1-3-6-15/h1-8,11-12,23H,9-10,13-14H2. The molecule has 0 aliphatic carbocycles. The third-order valence-corrected chi connectivity index (χ3v) is 5.41. The van der Waals surface area contributed by atoms with Crippen molar-refractivity contribution in [2.45, 2.75) is 19.5 Å². The molecular formula is C22H19N5O2. The molecule has 0 atom stereocenters. The highest BCUT2D eigenvalue weighted by Gasteiger charge is 2.22. The molecule has 0 unspecified atom stereocenters. The van der Waals surface area contributed by atoms with E-state index < -0.39 is 0 Å². The number of aromatic nitrogens is 3. The normalized spacial score (nSPS) is 14.1. The first-order valence-electron chi connectivity index (χ1n) is 9.55. The van der Waals surface area contributed by atoms with Gasteiger partial charge in [0.1, 0.15) is 0 Å². The van der Waals surface area contributed by atoms with Crippen LogP contribution in [0.25, 0.3) is 22.3 Å². The van der Waals surface area contributed by atoms with Crippen LogP contribution in [0.4, 0.5) is 5.69 Å². The predicted octanol–water partition coefficient (Wildman–Crippen LogP) is 4.09. The molecule has 144 valence electrons. The average Bonchev–Trinajstić information content (AvgIpc) is 3.16. The van der Waals surface area contributed by atoms with E-state index in [1.54, 1.807) is 12.1 Å². The van der Waals surface area contributed by atoms with E-state index >= 15 is 0 Å². The summed E-state index contributed by atoms with van der Waals surface area (Å²) in [6, 6.07) is 15.1. The first-order chi connectivity index (χ1) is 14.2. The van der Waals surface area contributed by atoms with Crippen molar-refractivity contribution in [1.29, 1.82) is 0 Å². The van der Waals surface area contributed by atoms with E-state index in [0.717, 1.165) is 41.1 Å². The summed E-state index contributed by atoms with van der Waals surface area (Å²) >= 11 is 0. The zero-order chi connectivity index (χ0) is 19.8. The fraction of sp³-hybridized carbons (Fsp3) is 0.182. The molecule has 0 bridgehead atoms. The monoisotopic (exact) mass is 385 g/mol. The lowest BCUT2D eigenvalue weighted by atomic mass is 10.0. The van der Waals surface area contributed by atoms with Crippen molar-refractivity contribution in [3.8, 4) is 11.4 Å². The second kappa shape index (κ2) is 7.10. The summed E-state index contributed by atoms with van der Waals surface area (Å²) in [4.78, 5) is 25.9. The van der Waals surface area contributed by atoms with Crippen LogP contribution in [-0.4, -0.2) is 31.3 Å². The number of nitro groups is 1. The zero-order valence-electron chi connectivity index (χ0n) is 15.7. The highest BCUT2D eigenvalue weighted by molar-refractivity contribution is 5.91. The molecule has 29 heavy (non-hydrogen) atoms. The minimum absolute atomic E-state index is 0.143. The zero-order valence-corrected chi connectivity index (χ0v) is 15.7. The number of hydrogen-bond acceptors (Lipinski definition) is 5. The quantitative estimate of drug-likeness (QED) is 0.422. The molecule has 0 fully saturated rings. The molecule has 1 aliphatic rings. The Hall–Kier alpha value is -3.58. The molecule has 1 N–H and O–H groups in total. The second-order valence-corrected chi connectivity index (χ2v) is 7.26. The number of H-pyrrole nitrogens is 1. The molecule has 0 radical (unpaired) electrons. The van der Waals surface area contributed by atoms with Gasteiger partial charge in [-0.3, -0.25) is 15.0 Å². The third-order valence-electron chi connectivity index (χ3n) is 5.41. The Morgan fingerprint density at radius 3 is 2.83 bits per heavy atom. The SMILES string of the molecule is O=[N+]([O-])c1cccc2[nH]cc(CN3CCc4cnc(-c5ccccc5)nc4C3)c12. The van der Waals surface area contributed by atoms with Gasteiger partial charge in [-0.2, -0.15) is 0 Å². The van der Waals surface area contributed by atoms with Gasteiger partial charge in [0.15, 0.2) is 5.82 Å². The molecule has 7 nitrogen and oxygen atoms in total. The van der Waals surface area contributed by atoms with E-state index in [-0.39, 0.29) is 10.6 Å². The molecule has 0 amide bonds. The highest BCUT2D eigenvalue weighted by atomic mass is 16.6. The largest absolute Gasteiger partial charge is 0.361 e. The molecule has 3 heterocycles. The van der Waals surface area contributed by atoms with E-state index in [0.29, 0.717) is 18.5 Å². The topological polar surface area (TPSA) is 88.0 Å². The molecule has 0 saturated carbocycles. The lowest BCUT2D eigenvalue weighted by Crippen LogP contribution is -2.31. The van der Waals surface area contributed by atoms with Crippen molar-refractivity contribution < 1.29 is 4.92 Å². The molecule has 4 aromatic rings. The number of nitrogens with zero attached hydrogens (tertiary/aromatic N) is 4. The van der Waals surface area contributed by atoms with Crippen molar-refractivity contribution in [2.24, 2.45) is 0 Å². The van der Waals surface area contributed by atoms with E-state index in [4.69, 9.17) is 4.98 Å². The molecule has 7 heteroatoms. The Balaban J connectivity index is 1.43. The lowest BCUT2D eigenvalue weighted by Gasteiger charge is -2.27. The number of non-ortho nitro benzene ring substituents is 1. The average molecular weight is 385 g/mol. The predicted molar refractivity (Wildman–Crippen MR) is 110 cm³/mol. The van der Waals surface area contributed by atoms with E-state index in [1.165, 1.54) is 5.56 Å². The molecule has 2 aromatic heterocycles. The van der Waals surface area contributed by atoms with Gasteiger partial charge in [-0.15, -0.1) is 0 Å². The van der Waals surface area contributed by atoms with Crippen molar-refractivity contribution in [1.82, 2.24) is 19.9 Å². The van der Waals surface area contributed by atoms with Crippen LogP contribution in [-0.2, 0) is 19.5 Å². The van der Waals surface area contributed by atoms with Crippen molar-refractivity contribution in [2.75, 3.05) is 6.54 Å². The summed E-state index contributed by atoms with van der Waals surface area (Å²) in [5.41, 5.74) is 5.07. The first kappa shape index (κ1) is 17.5. The maximum absolute atomic E-state index is 11.5. The van der Waals surface area contributed by atoms with Crippen LogP contribution < -0.4 is 0 Å². The number of fused-ring (bicyclic) bond motifs is 2. The van der Waals surface area contributed by atoms with Crippen molar-refractivity contribution in [3.05, 3.63) is 87.9 Å². The van der Waals surface area contributed by atoms with Gasteiger partial charge in [-0.25, -0.2) is 9.97 Å².